The molecule has 4 heterocycles. The molecule has 6 atom stereocenters. The van der Waals surface area contributed by atoms with E-state index in [1.54, 1.807) is 13.8 Å². The van der Waals surface area contributed by atoms with E-state index in [0.29, 0.717) is 0 Å². The van der Waals surface area contributed by atoms with Crippen molar-refractivity contribution in [3.63, 3.8) is 0 Å². The first-order chi connectivity index (χ1) is 8.90. The van der Waals surface area contributed by atoms with Crippen LogP contribution in [0.1, 0.15) is 13.8 Å². The molecule has 0 radical (unpaired) electrons. The Bertz CT molecular complexity index is 473. The zero-order valence-corrected chi connectivity index (χ0v) is 10.4. The van der Waals surface area contributed by atoms with Gasteiger partial charge in [0.25, 0.3) is 5.79 Å². The van der Waals surface area contributed by atoms with Gasteiger partial charge in [-0.3, -0.25) is 0 Å². The average molecular weight is 270 g/mol. The summed E-state index contributed by atoms with van der Waals surface area (Å²) in [6.07, 6.45) is -0.630. The molecule has 104 valence electrons. The maximum Gasteiger partial charge on any atom is 0.333 e. The van der Waals surface area contributed by atoms with Crippen LogP contribution in [0.25, 0.3) is 0 Å². The molecular formula is C12H14O7. The molecule has 0 aromatic rings. The minimum Gasteiger partial charge on any atom is -0.423 e. The Morgan fingerprint density at radius 3 is 2.63 bits per heavy atom. The first kappa shape index (κ1) is 11.8. The van der Waals surface area contributed by atoms with Crippen LogP contribution in [0, 0.1) is 0 Å². The van der Waals surface area contributed by atoms with Crippen molar-refractivity contribution in [3.8, 4) is 0 Å². The number of hydrogen-bond donors (Lipinski definition) is 1. The Kier molecular flexibility index (Phi) is 2.09. The van der Waals surface area contributed by atoms with E-state index in [4.69, 9.17) is 23.7 Å². The fraction of sp³-hybridized carbons (Fsp3) is 0.750. The van der Waals surface area contributed by atoms with Gasteiger partial charge in [-0.1, -0.05) is 0 Å². The quantitative estimate of drug-likeness (QED) is 0.590. The summed E-state index contributed by atoms with van der Waals surface area (Å²) in [4.78, 5) is 11.2. The van der Waals surface area contributed by atoms with Crippen LogP contribution in [0.2, 0.25) is 0 Å². The Labute approximate surface area is 109 Å². The summed E-state index contributed by atoms with van der Waals surface area (Å²) in [7, 11) is 0. The van der Waals surface area contributed by atoms with Crippen LogP contribution < -0.4 is 0 Å². The lowest BCUT2D eigenvalue weighted by molar-refractivity contribution is -0.228. The highest BCUT2D eigenvalue weighted by Gasteiger charge is 2.68. The topological polar surface area (TPSA) is 83.5 Å². The van der Waals surface area contributed by atoms with Gasteiger partial charge in [-0.05, 0) is 19.9 Å². The number of hydrogen-bond acceptors (Lipinski definition) is 7. The normalized spacial score (nSPS) is 53.6. The van der Waals surface area contributed by atoms with E-state index in [0.717, 1.165) is 0 Å². The van der Waals surface area contributed by atoms with Gasteiger partial charge in [0.1, 0.15) is 18.3 Å². The van der Waals surface area contributed by atoms with Crippen molar-refractivity contribution in [2.45, 2.75) is 56.1 Å². The van der Waals surface area contributed by atoms with Gasteiger partial charge in [-0.2, -0.15) is 0 Å². The van der Waals surface area contributed by atoms with Crippen LogP contribution in [0.4, 0.5) is 0 Å². The number of carbonyl (C=O) groups is 1. The highest BCUT2D eigenvalue weighted by molar-refractivity contribution is 5.85. The Morgan fingerprint density at radius 1 is 1.16 bits per heavy atom. The second-order valence-corrected chi connectivity index (χ2v) is 5.57. The van der Waals surface area contributed by atoms with Crippen molar-refractivity contribution < 1.29 is 33.6 Å². The van der Waals surface area contributed by atoms with Gasteiger partial charge < -0.3 is 28.8 Å². The van der Waals surface area contributed by atoms with Gasteiger partial charge in [-0.15, -0.1) is 0 Å². The minimum absolute atomic E-state index is 0.443. The second kappa shape index (κ2) is 3.36. The molecule has 0 bridgehead atoms. The molecule has 7 nitrogen and oxygen atoms in total. The second-order valence-electron chi connectivity index (χ2n) is 5.57. The monoisotopic (exact) mass is 270 g/mol. The fourth-order valence-corrected chi connectivity index (χ4v) is 3.04. The Morgan fingerprint density at radius 2 is 1.95 bits per heavy atom. The molecule has 1 spiro atoms. The molecular weight excluding hydrogens is 256 g/mol. The molecule has 4 aliphatic rings. The Balaban J connectivity index is 1.61. The van der Waals surface area contributed by atoms with Crippen molar-refractivity contribution in [2.75, 3.05) is 0 Å². The molecule has 3 saturated heterocycles. The van der Waals surface area contributed by atoms with E-state index in [9.17, 15) is 9.90 Å². The number of aliphatic hydroxyl groups is 1. The first-order valence-corrected chi connectivity index (χ1v) is 6.19. The van der Waals surface area contributed by atoms with Crippen molar-refractivity contribution in [2.24, 2.45) is 0 Å². The third-order valence-electron chi connectivity index (χ3n) is 3.78. The van der Waals surface area contributed by atoms with Gasteiger partial charge in [0.05, 0.1) is 0 Å². The first-order valence-electron chi connectivity index (χ1n) is 6.19. The summed E-state index contributed by atoms with van der Waals surface area (Å²) in [5.74, 6) is -2.75. The molecule has 4 aliphatic heterocycles. The van der Waals surface area contributed by atoms with Crippen molar-refractivity contribution >= 4 is 5.97 Å². The van der Waals surface area contributed by atoms with Crippen LogP contribution in [-0.4, -0.2) is 53.4 Å². The van der Waals surface area contributed by atoms with Crippen LogP contribution in [0.5, 0.6) is 0 Å². The van der Waals surface area contributed by atoms with Gasteiger partial charge in [0.15, 0.2) is 18.2 Å². The Hall–Kier alpha value is -0.990. The van der Waals surface area contributed by atoms with Gasteiger partial charge in [0.2, 0.25) is 0 Å². The molecule has 0 aliphatic carbocycles. The summed E-state index contributed by atoms with van der Waals surface area (Å²) < 4.78 is 27.7. The van der Waals surface area contributed by atoms with Gasteiger partial charge >= 0.3 is 5.97 Å². The minimum atomic E-state index is -1.45. The lowest BCUT2D eigenvalue weighted by Gasteiger charge is -2.26. The fourth-order valence-electron chi connectivity index (χ4n) is 3.04. The zero-order valence-electron chi connectivity index (χ0n) is 10.4. The van der Waals surface area contributed by atoms with E-state index in [-0.39, 0.29) is 0 Å². The average Bonchev–Trinajstić information content (AvgIpc) is 2.97. The molecule has 4 rings (SSSR count). The number of rotatable bonds is 0. The van der Waals surface area contributed by atoms with E-state index in [1.165, 1.54) is 12.2 Å². The van der Waals surface area contributed by atoms with E-state index in [2.05, 4.69) is 0 Å². The smallest absolute Gasteiger partial charge is 0.333 e. The highest BCUT2D eigenvalue weighted by atomic mass is 16.9. The van der Waals surface area contributed by atoms with E-state index >= 15 is 0 Å². The van der Waals surface area contributed by atoms with Crippen LogP contribution >= 0.6 is 0 Å². The summed E-state index contributed by atoms with van der Waals surface area (Å²) in [6.45, 7) is 3.56. The van der Waals surface area contributed by atoms with Crippen LogP contribution in [0.3, 0.4) is 0 Å². The van der Waals surface area contributed by atoms with Crippen molar-refractivity contribution in [3.05, 3.63) is 12.2 Å². The van der Waals surface area contributed by atoms with Crippen molar-refractivity contribution in [1.29, 1.82) is 0 Å². The molecule has 0 unspecified atom stereocenters. The van der Waals surface area contributed by atoms with Gasteiger partial charge in [-0.25, -0.2) is 4.79 Å². The molecule has 0 amide bonds. The molecule has 0 saturated carbocycles. The molecule has 0 aromatic heterocycles. The van der Waals surface area contributed by atoms with Crippen molar-refractivity contribution in [1.82, 2.24) is 0 Å². The standard InChI is InChI=1S/C12H14O7/c1-11(2)17-8-6-7(15-10(8)19-11)9(14)12(18-6)4-3-5(13)16-12/h3-4,6-10,14H,1-2H3/t6-,7-,8+,9+,10+,12-/m0/s1. The summed E-state index contributed by atoms with van der Waals surface area (Å²) in [5.41, 5.74) is 0. The number of carbonyl (C=O) groups excluding carboxylic acids is 1. The number of fused-ring (bicyclic) bond motifs is 3. The van der Waals surface area contributed by atoms with Crippen LogP contribution in [0.15, 0.2) is 12.2 Å². The third-order valence-corrected chi connectivity index (χ3v) is 3.78. The number of aliphatic hydroxyl groups excluding tert-OH is 1. The van der Waals surface area contributed by atoms with Crippen LogP contribution in [-0.2, 0) is 28.5 Å². The lowest BCUT2D eigenvalue weighted by atomic mass is 10.0. The summed E-state index contributed by atoms with van der Waals surface area (Å²) in [5, 5.41) is 10.3. The molecule has 19 heavy (non-hydrogen) atoms. The predicted octanol–water partition coefficient (Wildman–Crippen LogP) is -0.568. The number of esters is 1. The van der Waals surface area contributed by atoms with Gasteiger partial charge in [0, 0.05) is 6.08 Å². The molecule has 1 N–H and O–H groups in total. The summed E-state index contributed by atoms with van der Waals surface area (Å²) >= 11 is 0. The molecule has 0 aromatic carbocycles. The molecule has 7 heteroatoms. The number of ether oxygens (including phenoxy) is 5. The SMILES string of the molecule is CC1(C)O[C@H]2O[C@H]3[C@H](O[C@@]4(C=CC(=O)O4)[C@@H]3O)[C@H]2O1. The maximum absolute atomic E-state index is 11.2. The molecule has 3 fully saturated rings. The zero-order chi connectivity index (χ0) is 13.4. The predicted molar refractivity (Wildman–Crippen MR) is 57.5 cm³/mol. The summed E-state index contributed by atoms with van der Waals surface area (Å²) in [6, 6.07) is 0. The van der Waals surface area contributed by atoms with E-state index in [1.807, 2.05) is 0 Å². The maximum atomic E-state index is 11.2. The van der Waals surface area contributed by atoms with E-state index < -0.39 is 48.2 Å². The lowest BCUT2D eigenvalue weighted by Crippen LogP contribution is -2.44. The third kappa shape index (κ3) is 1.47. The highest BCUT2D eigenvalue weighted by Crippen LogP contribution is 2.48. The largest absolute Gasteiger partial charge is 0.423 e.